The summed E-state index contributed by atoms with van der Waals surface area (Å²) in [5, 5.41) is 2.99. The average molecular weight is 406 g/mol. The third kappa shape index (κ3) is 3.95. The summed E-state index contributed by atoms with van der Waals surface area (Å²) in [6.45, 7) is 4.54. The molecule has 4 heterocycles. The summed E-state index contributed by atoms with van der Waals surface area (Å²) in [7, 11) is 0. The molecule has 2 amide bonds. The van der Waals surface area contributed by atoms with Crippen molar-refractivity contribution >= 4 is 28.6 Å². The Bertz CT molecular complexity index is 979. The Labute approximate surface area is 175 Å². The van der Waals surface area contributed by atoms with Crippen LogP contribution in [0.2, 0.25) is 0 Å². The van der Waals surface area contributed by atoms with Gasteiger partial charge in [0.05, 0.1) is 36.1 Å². The molecule has 1 unspecified atom stereocenters. The molecule has 8 heteroatoms. The highest BCUT2D eigenvalue weighted by atomic mass is 16.5. The molecule has 30 heavy (non-hydrogen) atoms. The van der Waals surface area contributed by atoms with Gasteiger partial charge in [0, 0.05) is 32.1 Å². The van der Waals surface area contributed by atoms with Crippen molar-refractivity contribution in [1.82, 2.24) is 19.9 Å². The summed E-state index contributed by atoms with van der Waals surface area (Å²) < 4.78 is 5.38. The zero-order valence-corrected chi connectivity index (χ0v) is 16.9. The number of piperidine rings is 1. The van der Waals surface area contributed by atoms with Crippen molar-refractivity contribution in [2.45, 2.75) is 18.8 Å². The summed E-state index contributed by atoms with van der Waals surface area (Å²) >= 11 is 0. The number of H-pyrrole nitrogens is 1. The quantitative estimate of drug-likeness (QED) is 0.698. The lowest BCUT2D eigenvalue weighted by atomic mass is 9.97. The van der Waals surface area contributed by atoms with Gasteiger partial charge in [0.15, 0.2) is 0 Å². The first-order chi connectivity index (χ1) is 14.8. The van der Waals surface area contributed by atoms with Crippen LogP contribution in [0.25, 0.3) is 11.0 Å². The second-order valence-electron chi connectivity index (χ2n) is 7.86. The molecule has 2 saturated heterocycles. The van der Waals surface area contributed by atoms with E-state index in [1.165, 1.54) is 0 Å². The van der Waals surface area contributed by atoms with E-state index < -0.39 is 0 Å². The molecule has 0 aliphatic carbocycles. The number of morpholine rings is 1. The molecule has 8 nitrogen and oxygen atoms in total. The number of aromatic nitrogens is 3. The topological polar surface area (TPSA) is 86.4 Å². The number of hydrogen-bond donors (Lipinski definition) is 2. The van der Waals surface area contributed by atoms with Gasteiger partial charge in [0.1, 0.15) is 11.6 Å². The maximum Gasteiger partial charge on any atom is 0.321 e. The summed E-state index contributed by atoms with van der Waals surface area (Å²) in [6.07, 6.45) is 3.71. The molecule has 156 valence electrons. The molecule has 5 rings (SSSR count). The SMILES string of the molecule is O=C(Nc1ccc(N2CCOCC2)nc1)N1CCCC(c2nc3ccccc3[nH]2)C1. The van der Waals surface area contributed by atoms with Crippen LogP contribution >= 0.6 is 0 Å². The zero-order valence-electron chi connectivity index (χ0n) is 16.9. The molecule has 2 aromatic heterocycles. The predicted molar refractivity (Wildman–Crippen MR) is 116 cm³/mol. The standard InChI is InChI=1S/C22H26N6O2/c29-22(24-17-7-8-20(23-14-17)27-10-12-30-13-11-27)28-9-3-4-16(15-28)21-25-18-5-1-2-6-19(18)26-21/h1-2,5-8,14,16H,3-4,9-13,15H2,(H,24,29)(H,25,26). The normalized spacial score (nSPS) is 19.8. The van der Waals surface area contributed by atoms with Crippen LogP contribution in [0.3, 0.4) is 0 Å². The van der Waals surface area contributed by atoms with E-state index in [0.29, 0.717) is 12.2 Å². The van der Waals surface area contributed by atoms with Gasteiger partial charge in [-0.1, -0.05) is 12.1 Å². The molecule has 2 fully saturated rings. The van der Waals surface area contributed by atoms with Gasteiger partial charge in [-0.05, 0) is 37.1 Å². The van der Waals surface area contributed by atoms with Crippen LogP contribution in [0.4, 0.5) is 16.3 Å². The van der Waals surface area contributed by atoms with Crippen LogP contribution in [-0.2, 0) is 4.74 Å². The summed E-state index contributed by atoms with van der Waals surface area (Å²) in [5.74, 6) is 2.10. The summed E-state index contributed by atoms with van der Waals surface area (Å²) in [6, 6.07) is 11.8. The Morgan fingerprint density at radius 2 is 2.00 bits per heavy atom. The number of nitrogens with zero attached hydrogens (tertiary/aromatic N) is 4. The van der Waals surface area contributed by atoms with Gasteiger partial charge >= 0.3 is 6.03 Å². The van der Waals surface area contributed by atoms with Crippen molar-refractivity contribution in [1.29, 1.82) is 0 Å². The predicted octanol–water partition coefficient (Wildman–Crippen LogP) is 3.21. The number of imidazole rings is 1. The molecule has 1 atom stereocenters. The fourth-order valence-corrected chi connectivity index (χ4v) is 4.19. The number of fused-ring (bicyclic) bond motifs is 1. The van der Waals surface area contributed by atoms with Gasteiger partial charge in [0.2, 0.25) is 0 Å². The Morgan fingerprint density at radius 1 is 1.13 bits per heavy atom. The van der Waals surface area contributed by atoms with Gasteiger partial charge in [-0.25, -0.2) is 14.8 Å². The maximum atomic E-state index is 12.8. The molecular weight excluding hydrogens is 380 g/mol. The largest absolute Gasteiger partial charge is 0.378 e. The average Bonchev–Trinajstić information content (AvgIpc) is 3.25. The van der Waals surface area contributed by atoms with Crippen LogP contribution in [0, 0.1) is 0 Å². The number of anilines is 2. The lowest BCUT2D eigenvalue weighted by Gasteiger charge is -2.32. The van der Waals surface area contributed by atoms with Crippen molar-refractivity contribution in [2.75, 3.05) is 49.6 Å². The van der Waals surface area contributed by atoms with E-state index in [1.54, 1.807) is 6.20 Å². The van der Waals surface area contributed by atoms with Crippen molar-refractivity contribution in [3.05, 3.63) is 48.4 Å². The van der Waals surface area contributed by atoms with Crippen molar-refractivity contribution in [2.24, 2.45) is 0 Å². The number of para-hydroxylation sites is 2. The number of rotatable bonds is 3. The number of nitrogens with one attached hydrogen (secondary N) is 2. The summed E-state index contributed by atoms with van der Waals surface area (Å²) in [5.41, 5.74) is 2.73. The number of carbonyl (C=O) groups excluding carboxylic acids is 1. The van der Waals surface area contributed by atoms with E-state index in [4.69, 9.17) is 9.72 Å². The molecule has 0 radical (unpaired) electrons. The van der Waals surface area contributed by atoms with Crippen molar-refractivity contribution in [3.63, 3.8) is 0 Å². The first kappa shape index (κ1) is 18.9. The van der Waals surface area contributed by atoms with Gasteiger partial charge in [-0.15, -0.1) is 0 Å². The zero-order chi connectivity index (χ0) is 20.3. The number of benzene rings is 1. The molecule has 0 spiro atoms. The highest BCUT2D eigenvalue weighted by Crippen LogP contribution is 2.27. The lowest BCUT2D eigenvalue weighted by molar-refractivity contribution is 0.122. The first-order valence-electron chi connectivity index (χ1n) is 10.6. The Hall–Kier alpha value is -3.13. The fraction of sp³-hybridized carbons (Fsp3) is 0.409. The first-order valence-corrected chi connectivity index (χ1v) is 10.6. The Balaban J connectivity index is 1.22. The second kappa shape index (κ2) is 8.31. The molecule has 2 aliphatic rings. The van der Waals surface area contributed by atoms with E-state index in [9.17, 15) is 4.79 Å². The van der Waals surface area contributed by atoms with Gasteiger partial charge < -0.3 is 24.8 Å². The highest BCUT2D eigenvalue weighted by molar-refractivity contribution is 5.89. The number of hydrogen-bond acceptors (Lipinski definition) is 5. The lowest BCUT2D eigenvalue weighted by Crippen LogP contribution is -2.41. The number of amides is 2. The molecule has 2 aliphatic heterocycles. The third-order valence-corrected chi connectivity index (χ3v) is 5.84. The van der Waals surface area contributed by atoms with Crippen LogP contribution in [-0.4, -0.2) is 65.3 Å². The third-order valence-electron chi connectivity index (χ3n) is 5.84. The molecule has 1 aromatic carbocycles. The van der Waals surface area contributed by atoms with E-state index in [2.05, 4.69) is 20.2 Å². The van der Waals surface area contributed by atoms with E-state index in [0.717, 1.165) is 68.4 Å². The number of carbonyl (C=O) groups is 1. The number of pyridine rings is 1. The Morgan fingerprint density at radius 3 is 2.80 bits per heavy atom. The van der Waals surface area contributed by atoms with E-state index in [-0.39, 0.29) is 11.9 Å². The van der Waals surface area contributed by atoms with E-state index in [1.807, 2.05) is 41.3 Å². The minimum atomic E-state index is -0.0864. The van der Waals surface area contributed by atoms with Gasteiger partial charge in [-0.2, -0.15) is 0 Å². The van der Waals surface area contributed by atoms with Crippen LogP contribution < -0.4 is 10.2 Å². The summed E-state index contributed by atoms with van der Waals surface area (Å²) in [4.78, 5) is 29.6. The monoisotopic (exact) mass is 406 g/mol. The molecule has 3 aromatic rings. The van der Waals surface area contributed by atoms with E-state index >= 15 is 0 Å². The Kier molecular flexibility index (Phi) is 5.23. The highest BCUT2D eigenvalue weighted by Gasteiger charge is 2.27. The maximum absolute atomic E-state index is 12.8. The van der Waals surface area contributed by atoms with Crippen molar-refractivity contribution in [3.8, 4) is 0 Å². The number of aromatic amines is 1. The van der Waals surface area contributed by atoms with Crippen LogP contribution in [0.15, 0.2) is 42.6 Å². The minimum Gasteiger partial charge on any atom is -0.378 e. The van der Waals surface area contributed by atoms with Gasteiger partial charge in [-0.3, -0.25) is 0 Å². The van der Waals surface area contributed by atoms with Crippen LogP contribution in [0.5, 0.6) is 0 Å². The number of urea groups is 1. The minimum absolute atomic E-state index is 0.0864. The van der Waals surface area contributed by atoms with Gasteiger partial charge in [0.25, 0.3) is 0 Å². The molecule has 2 N–H and O–H groups in total. The second-order valence-corrected chi connectivity index (χ2v) is 7.86. The molecule has 0 bridgehead atoms. The number of ether oxygens (including phenoxy) is 1. The van der Waals surface area contributed by atoms with Crippen molar-refractivity contribution < 1.29 is 9.53 Å². The van der Waals surface area contributed by atoms with Crippen LogP contribution in [0.1, 0.15) is 24.6 Å². The smallest absolute Gasteiger partial charge is 0.321 e. The molecular formula is C22H26N6O2. The molecule has 0 saturated carbocycles. The number of likely N-dealkylation sites (tertiary alicyclic amines) is 1. The fourth-order valence-electron chi connectivity index (χ4n) is 4.19.